The van der Waals surface area contributed by atoms with Crippen LogP contribution in [-0.2, 0) is 16.6 Å². The van der Waals surface area contributed by atoms with Crippen molar-refractivity contribution in [2.75, 3.05) is 24.2 Å². The number of hydrogen-bond acceptors (Lipinski definition) is 6. The van der Waals surface area contributed by atoms with Crippen LogP contribution in [0, 0.1) is 0 Å². The van der Waals surface area contributed by atoms with Crippen molar-refractivity contribution in [3.8, 4) is 22.4 Å². The molecule has 3 N–H and O–H groups in total. The molecule has 4 aromatic rings. The smallest absolute Gasteiger partial charge is 0.254 e. The van der Waals surface area contributed by atoms with E-state index >= 15 is 0 Å². The summed E-state index contributed by atoms with van der Waals surface area (Å²) in [5.74, 6) is 0.148. The Bertz CT molecular complexity index is 1590. The third-order valence-corrected chi connectivity index (χ3v) is 7.42. The third-order valence-electron chi connectivity index (χ3n) is 7.42. The predicted octanol–water partition coefficient (Wildman–Crippen LogP) is 5.04. The van der Waals surface area contributed by atoms with E-state index in [1.165, 1.54) is 6.33 Å². The van der Waals surface area contributed by atoms with E-state index in [1.807, 2.05) is 72.0 Å². The number of nitrogen functional groups attached to an aromatic ring is 1. The number of benzene rings is 2. The number of morpholine rings is 1. The molecule has 9 heteroatoms. The van der Waals surface area contributed by atoms with Gasteiger partial charge >= 0.3 is 0 Å². The first-order chi connectivity index (χ1) is 19.2. The van der Waals surface area contributed by atoms with Gasteiger partial charge in [-0.05, 0) is 55.7 Å². The molecule has 0 saturated carbocycles. The predicted molar refractivity (Wildman–Crippen MR) is 158 cm³/mol. The molecule has 1 fully saturated rings. The summed E-state index contributed by atoms with van der Waals surface area (Å²) in [7, 11) is 1.94. The Balaban J connectivity index is 1.55. The molecule has 2 atom stereocenters. The van der Waals surface area contributed by atoms with Crippen molar-refractivity contribution < 1.29 is 14.3 Å². The topological polar surface area (TPSA) is 115 Å². The van der Waals surface area contributed by atoms with Crippen LogP contribution in [0.15, 0.2) is 67.0 Å². The minimum Gasteiger partial charge on any atom is -0.383 e. The first-order valence-corrected chi connectivity index (χ1v) is 13.4. The molecule has 3 heterocycles. The fourth-order valence-electron chi connectivity index (χ4n) is 5.22. The summed E-state index contributed by atoms with van der Waals surface area (Å²) in [6.07, 6.45) is 2.30. The van der Waals surface area contributed by atoms with Gasteiger partial charge < -0.3 is 25.3 Å². The van der Waals surface area contributed by atoms with E-state index < -0.39 is 0 Å². The highest BCUT2D eigenvalue weighted by molar-refractivity contribution is 6.08. The second-order valence-corrected chi connectivity index (χ2v) is 10.3. The maximum Gasteiger partial charge on any atom is 0.254 e. The number of nitrogens with one attached hydrogen (secondary N) is 1. The number of anilines is 2. The Morgan fingerprint density at radius 3 is 2.42 bits per heavy atom. The number of nitrogens with two attached hydrogens (primary N) is 1. The van der Waals surface area contributed by atoms with Crippen LogP contribution in [0.25, 0.3) is 33.4 Å². The van der Waals surface area contributed by atoms with Gasteiger partial charge in [-0.1, -0.05) is 37.8 Å². The van der Waals surface area contributed by atoms with Crippen molar-refractivity contribution in [3.05, 3.63) is 72.6 Å². The highest BCUT2D eigenvalue weighted by Gasteiger charge is 2.30. The van der Waals surface area contributed by atoms with E-state index in [-0.39, 0.29) is 24.0 Å². The van der Waals surface area contributed by atoms with Gasteiger partial charge in [0.25, 0.3) is 11.8 Å². The normalized spacial score (nSPS) is 17.1. The Morgan fingerprint density at radius 1 is 1.10 bits per heavy atom. The van der Waals surface area contributed by atoms with Crippen LogP contribution < -0.4 is 11.1 Å². The number of nitrogens with zero attached hydrogens (tertiary/aromatic N) is 4. The van der Waals surface area contributed by atoms with Crippen molar-refractivity contribution in [2.24, 2.45) is 7.05 Å². The summed E-state index contributed by atoms with van der Waals surface area (Å²) in [4.78, 5) is 36.2. The number of carbonyl (C=O) groups excluding carboxylic acids is 2. The van der Waals surface area contributed by atoms with Gasteiger partial charge in [-0.2, -0.15) is 0 Å². The van der Waals surface area contributed by atoms with Crippen molar-refractivity contribution >= 4 is 34.4 Å². The zero-order valence-corrected chi connectivity index (χ0v) is 23.3. The Morgan fingerprint density at radius 2 is 1.77 bits per heavy atom. The van der Waals surface area contributed by atoms with Crippen LogP contribution in [0.5, 0.6) is 0 Å². The van der Waals surface area contributed by atoms with E-state index in [2.05, 4.69) is 28.8 Å². The molecule has 40 heavy (non-hydrogen) atoms. The van der Waals surface area contributed by atoms with Crippen LogP contribution >= 0.6 is 0 Å². The average molecular weight is 539 g/mol. The average Bonchev–Trinajstić information content (AvgIpc) is 3.26. The third kappa shape index (κ3) is 4.96. The van der Waals surface area contributed by atoms with Crippen LogP contribution in [0.3, 0.4) is 0 Å². The first-order valence-electron chi connectivity index (χ1n) is 13.4. The summed E-state index contributed by atoms with van der Waals surface area (Å²) in [6.45, 7) is 10.5. The second-order valence-electron chi connectivity index (χ2n) is 10.3. The van der Waals surface area contributed by atoms with Gasteiger partial charge in [-0.3, -0.25) is 9.59 Å². The van der Waals surface area contributed by atoms with Gasteiger partial charge in [-0.15, -0.1) is 0 Å². The number of aromatic nitrogens is 3. The number of amides is 2. The summed E-state index contributed by atoms with van der Waals surface area (Å²) < 4.78 is 7.77. The van der Waals surface area contributed by atoms with E-state index in [0.29, 0.717) is 41.4 Å². The molecule has 0 radical (unpaired) electrons. The van der Waals surface area contributed by atoms with E-state index in [1.54, 1.807) is 6.92 Å². The highest BCUT2D eigenvalue weighted by Crippen LogP contribution is 2.41. The van der Waals surface area contributed by atoms with Crippen LogP contribution in [0.2, 0.25) is 0 Å². The van der Waals surface area contributed by atoms with E-state index in [9.17, 15) is 9.59 Å². The van der Waals surface area contributed by atoms with Gasteiger partial charge in [-0.25, -0.2) is 9.97 Å². The van der Waals surface area contributed by atoms with Gasteiger partial charge in [0.1, 0.15) is 17.8 Å². The zero-order valence-electron chi connectivity index (χ0n) is 23.3. The van der Waals surface area contributed by atoms with Gasteiger partial charge in [0.2, 0.25) is 0 Å². The molecule has 1 aliphatic rings. The summed E-state index contributed by atoms with van der Waals surface area (Å²) in [6, 6.07) is 15.3. The monoisotopic (exact) mass is 538 g/mol. The molecular formula is C31H34N6O3. The van der Waals surface area contributed by atoms with Gasteiger partial charge in [0.15, 0.2) is 0 Å². The molecule has 5 rings (SSSR count). The number of aryl methyl sites for hydroxylation is 1. The lowest BCUT2D eigenvalue weighted by molar-refractivity contribution is -0.112. The molecule has 2 aromatic carbocycles. The minimum absolute atomic E-state index is 0.00179. The lowest BCUT2D eigenvalue weighted by Crippen LogP contribution is -2.51. The zero-order chi connectivity index (χ0) is 28.6. The van der Waals surface area contributed by atoms with Crippen LogP contribution in [-0.4, -0.2) is 56.5 Å². The molecular weight excluding hydrogens is 504 g/mol. The minimum atomic E-state index is -0.229. The fraction of sp³-hybridized carbons (Fsp3) is 0.290. The van der Waals surface area contributed by atoms with Crippen LogP contribution in [0.1, 0.15) is 37.6 Å². The van der Waals surface area contributed by atoms with Crippen molar-refractivity contribution in [1.82, 2.24) is 19.4 Å². The lowest BCUT2D eigenvalue weighted by Gasteiger charge is -2.38. The molecule has 0 spiro atoms. The summed E-state index contributed by atoms with van der Waals surface area (Å²) >= 11 is 0. The SMILES string of the molecule is C=C(C)C(=O)Nc1ccc(-c2c(-c3ccc(C(=O)N4CC(C)OCC4CC)cc3)c3c(N)ncnc3n2C)cc1. The molecule has 1 saturated heterocycles. The van der Waals surface area contributed by atoms with E-state index in [4.69, 9.17) is 10.5 Å². The van der Waals surface area contributed by atoms with Crippen LogP contribution in [0.4, 0.5) is 11.5 Å². The molecule has 206 valence electrons. The molecule has 1 aliphatic heterocycles. The standard InChI is InChI=1S/C31H34N6O3/c1-6-24-16-40-19(4)15-37(24)31(39)22-9-7-20(8-10-22)25-26-28(32)33-17-34-29(26)36(5)27(25)21-11-13-23(14-12-21)35-30(38)18(2)3/h7-14,17,19,24H,2,6,15-16H2,1,3-5H3,(H,35,38)(H2,32,33,34). The number of hydrogen-bond donors (Lipinski definition) is 2. The van der Waals surface area contributed by atoms with Crippen molar-refractivity contribution in [3.63, 3.8) is 0 Å². The Hall–Kier alpha value is -4.50. The molecule has 2 unspecified atom stereocenters. The van der Waals surface area contributed by atoms with Crippen molar-refractivity contribution in [1.29, 1.82) is 0 Å². The number of carbonyl (C=O) groups is 2. The van der Waals surface area contributed by atoms with Crippen molar-refractivity contribution in [2.45, 2.75) is 39.3 Å². The molecule has 9 nitrogen and oxygen atoms in total. The largest absolute Gasteiger partial charge is 0.383 e. The Kier molecular flexibility index (Phi) is 7.40. The highest BCUT2D eigenvalue weighted by atomic mass is 16.5. The first kappa shape index (κ1) is 27.1. The summed E-state index contributed by atoms with van der Waals surface area (Å²) in [5.41, 5.74) is 12.4. The number of rotatable bonds is 6. The molecule has 2 aromatic heterocycles. The van der Waals surface area contributed by atoms with E-state index in [0.717, 1.165) is 34.2 Å². The van der Waals surface area contributed by atoms with Gasteiger partial charge in [0, 0.05) is 36.0 Å². The molecule has 2 amide bonds. The fourth-order valence-corrected chi connectivity index (χ4v) is 5.22. The number of ether oxygens (including phenoxy) is 1. The second kappa shape index (κ2) is 10.9. The summed E-state index contributed by atoms with van der Waals surface area (Å²) in [5, 5.41) is 3.58. The molecule has 0 bridgehead atoms. The maximum absolute atomic E-state index is 13.5. The number of fused-ring (bicyclic) bond motifs is 1. The Labute approximate surface area is 233 Å². The maximum atomic E-state index is 13.5. The van der Waals surface area contributed by atoms with Gasteiger partial charge in [0.05, 0.1) is 29.8 Å². The molecule has 0 aliphatic carbocycles. The quantitative estimate of drug-likeness (QED) is 0.333. The lowest BCUT2D eigenvalue weighted by atomic mass is 9.97.